The first-order valence-corrected chi connectivity index (χ1v) is 5.41. The van der Waals surface area contributed by atoms with Gasteiger partial charge in [0.1, 0.15) is 5.01 Å². The maximum Gasteiger partial charge on any atom is 0.112 e. The molecule has 0 saturated carbocycles. The molecule has 0 radical (unpaired) electrons. The zero-order valence-electron chi connectivity index (χ0n) is 8.49. The van der Waals surface area contributed by atoms with Crippen LogP contribution in [0, 0.1) is 6.92 Å². The maximum atomic E-state index is 9.15. The van der Waals surface area contributed by atoms with Crippen molar-refractivity contribution in [1.29, 1.82) is 0 Å². The van der Waals surface area contributed by atoms with Crippen LogP contribution < -0.4 is 5.32 Å². The Hall–Kier alpha value is -0.490. The predicted molar refractivity (Wildman–Crippen MR) is 56.6 cm³/mol. The fraction of sp³-hybridized carbons (Fsp3) is 0.667. The van der Waals surface area contributed by atoms with E-state index in [1.807, 2.05) is 12.3 Å². The van der Waals surface area contributed by atoms with Crippen LogP contribution in [-0.2, 0) is 4.74 Å². The van der Waals surface area contributed by atoms with Gasteiger partial charge in [-0.05, 0) is 6.92 Å². The molecule has 1 atom stereocenters. The highest BCUT2D eigenvalue weighted by molar-refractivity contribution is 7.09. The molecule has 80 valence electrons. The van der Waals surface area contributed by atoms with Gasteiger partial charge in [0, 0.05) is 24.7 Å². The standard InChI is InChI=1S/C9H16N2O2S/c1-7-6-14-9(11-7)8(5-12)10-3-4-13-2/h6,8,10,12H,3-5H2,1-2H3. The number of thiazole rings is 1. The van der Waals surface area contributed by atoms with Crippen molar-refractivity contribution < 1.29 is 9.84 Å². The van der Waals surface area contributed by atoms with Gasteiger partial charge in [0.05, 0.1) is 19.3 Å². The topological polar surface area (TPSA) is 54.4 Å². The van der Waals surface area contributed by atoms with E-state index in [-0.39, 0.29) is 12.6 Å². The lowest BCUT2D eigenvalue weighted by Crippen LogP contribution is -2.27. The van der Waals surface area contributed by atoms with Crippen LogP contribution in [0.5, 0.6) is 0 Å². The average Bonchev–Trinajstić information content (AvgIpc) is 2.60. The van der Waals surface area contributed by atoms with E-state index in [1.165, 1.54) is 0 Å². The van der Waals surface area contributed by atoms with Crippen molar-refractivity contribution in [3.8, 4) is 0 Å². The molecule has 0 fully saturated rings. The Morgan fingerprint density at radius 3 is 3.00 bits per heavy atom. The largest absolute Gasteiger partial charge is 0.394 e. The lowest BCUT2D eigenvalue weighted by atomic mass is 10.3. The molecule has 1 rings (SSSR count). The lowest BCUT2D eigenvalue weighted by molar-refractivity contribution is 0.184. The first-order chi connectivity index (χ1) is 6.77. The summed E-state index contributed by atoms with van der Waals surface area (Å²) in [6.07, 6.45) is 0. The number of methoxy groups -OCH3 is 1. The van der Waals surface area contributed by atoms with Gasteiger partial charge in [-0.25, -0.2) is 4.98 Å². The summed E-state index contributed by atoms with van der Waals surface area (Å²) in [4.78, 5) is 4.32. The summed E-state index contributed by atoms with van der Waals surface area (Å²) in [5.74, 6) is 0. The highest BCUT2D eigenvalue weighted by atomic mass is 32.1. The molecule has 1 heterocycles. The van der Waals surface area contributed by atoms with Crippen LogP contribution in [0.15, 0.2) is 5.38 Å². The number of aliphatic hydroxyl groups excluding tert-OH is 1. The van der Waals surface area contributed by atoms with Gasteiger partial charge in [-0.1, -0.05) is 0 Å². The van der Waals surface area contributed by atoms with E-state index in [0.717, 1.165) is 17.2 Å². The quantitative estimate of drug-likeness (QED) is 0.688. The van der Waals surface area contributed by atoms with Crippen molar-refractivity contribution in [2.24, 2.45) is 0 Å². The van der Waals surface area contributed by atoms with Crippen molar-refractivity contribution in [2.45, 2.75) is 13.0 Å². The van der Waals surface area contributed by atoms with E-state index in [0.29, 0.717) is 6.61 Å². The maximum absolute atomic E-state index is 9.15. The van der Waals surface area contributed by atoms with Gasteiger partial charge in [-0.2, -0.15) is 0 Å². The lowest BCUT2D eigenvalue weighted by Gasteiger charge is -2.12. The molecule has 0 bridgehead atoms. The highest BCUT2D eigenvalue weighted by Gasteiger charge is 2.12. The van der Waals surface area contributed by atoms with Gasteiger partial charge >= 0.3 is 0 Å². The number of rotatable bonds is 6. The summed E-state index contributed by atoms with van der Waals surface area (Å²) in [5.41, 5.74) is 0.997. The van der Waals surface area contributed by atoms with Crippen molar-refractivity contribution in [2.75, 3.05) is 26.9 Å². The summed E-state index contributed by atoms with van der Waals surface area (Å²) in [6.45, 7) is 3.38. The first-order valence-electron chi connectivity index (χ1n) is 4.53. The van der Waals surface area contributed by atoms with Crippen molar-refractivity contribution in [3.63, 3.8) is 0 Å². The Kier molecular flexibility index (Phi) is 5.03. The number of hydrogen-bond donors (Lipinski definition) is 2. The van der Waals surface area contributed by atoms with Crippen LogP contribution in [-0.4, -0.2) is 37.0 Å². The molecule has 0 amide bonds. The Labute approximate surface area is 87.9 Å². The van der Waals surface area contributed by atoms with Crippen LogP contribution in [0.3, 0.4) is 0 Å². The van der Waals surface area contributed by atoms with Crippen LogP contribution in [0.2, 0.25) is 0 Å². The minimum atomic E-state index is -0.0659. The van der Waals surface area contributed by atoms with Crippen LogP contribution >= 0.6 is 11.3 Å². The molecular formula is C9H16N2O2S. The average molecular weight is 216 g/mol. The summed E-state index contributed by atoms with van der Waals surface area (Å²) >= 11 is 1.57. The molecule has 0 spiro atoms. The molecule has 0 saturated heterocycles. The molecule has 14 heavy (non-hydrogen) atoms. The third-order valence-electron chi connectivity index (χ3n) is 1.81. The number of aliphatic hydroxyl groups is 1. The van der Waals surface area contributed by atoms with E-state index in [4.69, 9.17) is 9.84 Å². The van der Waals surface area contributed by atoms with Gasteiger partial charge in [-0.3, -0.25) is 0 Å². The summed E-state index contributed by atoms with van der Waals surface area (Å²) in [6, 6.07) is -0.0659. The van der Waals surface area contributed by atoms with E-state index >= 15 is 0 Å². The van der Waals surface area contributed by atoms with E-state index < -0.39 is 0 Å². The second-order valence-corrected chi connectivity index (χ2v) is 3.90. The normalized spacial score (nSPS) is 13.1. The molecule has 2 N–H and O–H groups in total. The minimum absolute atomic E-state index is 0.0659. The zero-order valence-corrected chi connectivity index (χ0v) is 9.30. The Balaban J connectivity index is 2.45. The highest BCUT2D eigenvalue weighted by Crippen LogP contribution is 2.17. The molecule has 0 aromatic carbocycles. The molecule has 0 aliphatic heterocycles. The molecule has 1 aromatic heterocycles. The first kappa shape index (κ1) is 11.6. The third kappa shape index (κ3) is 3.34. The van der Waals surface area contributed by atoms with Gasteiger partial charge in [0.25, 0.3) is 0 Å². The number of nitrogens with zero attached hydrogens (tertiary/aromatic N) is 1. The smallest absolute Gasteiger partial charge is 0.112 e. The SMILES string of the molecule is COCCNC(CO)c1nc(C)cs1. The third-order valence-corrected chi connectivity index (χ3v) is 2.89. The number of ether oxygens (including phenoxy) is 1. The van der Waals surface area contributed by atoms with Gasteiger partial charge in [-0.15, -0.1) is 11.3 Å². The molecule has 4 nitrogen and oxygen atoms in total. The number of aryl methyl sites for hydroxylation is 1. The minimum Gasteiger partial charge on any atom is -0.394 e. The summed E-state index contributed by atoms with van der Waals surface area (Å²) < 4.78 is 4.92. The number of aromatic nitrogens is 1. The van der Waals surface area contributed by atoms with Crippen molar-refractivity contribution in [3.05, 3.63) is 16.1 Å². The Bertz CT molecular complexity index is 265. The molecule has 5 heteroatoms. The second-order valence-electron chi connectivity index (χ2n) is 3.01. The molecule has 1 aromatic rings. The van der Waals surface area contributed by atoms with Gasteiger partial charge in [0.2, 0.25) is 0 Å². The predicted octanol–water partition coefficient (Wildman–Crippen LogP) is 0.721. The second kappa shape index (κ2) is 6.08. The molecule has 1 unspecified atom stereocenters. The van der Waals surface area contributed by atoms with Crippen molar-refractivity contribution >= 4 is 11.3 Å². The fourth-order valence-electron chi connectivity index (χ4n) is 1.10. The van der Waals surface area contributed by atoms with Crippen LogP contribution in [0.4, 0.5) is 0 Å². The number of hydrogen-bond acceptors (Lipinski definition) is 5. The zero-order chi connectivity index (χ0) is 10.4. The number of nitrogens with one attached hydrogen (secondary N) is 1. The Morgan fingerprint density at radius 2 is 2.50 bits per heavy atom. The van der Waals surface area contributed by atoms with Gasteiger partial charge < -0.3 is 15.2 Å². The van der Waals surface area contributed by atoms with E-state index in [9.17, 15) is 0 Å². The monoisotopic (exact) mass is 216 g/mol. The molecule has 0 aliphatic rings. The van der Waals surface area contributed by atoms with Crippen LogP contribution in [0.25, 0.3) is 0 Å². The van der Waals surface area contributed by atoms with E-state index in [2.05, 4.69) is 10.3 Å². The molecular weight excluding hydrogens is 200 g/mol. The van der Waals surface area contributed by atoms with Crippen LogP contribution in [0.1, 0.15) is 16.7 Å². The summed E-state index contributed by atoms with van der Waals surface area (Å²) in [7, 11) is 1.66. The molecule has 0 aliphatic carbocycles. The van der Waals surface area contributed by atoms with E-state index in [1.54, 1.807) is 18.4 Å². The Morgan fingerprint density at radius 1 is 1.71 bits per heavy atom. The van der Waals surface area contributed by atoms with Crippen molar-refractivity contribution in [1.82, 2.24) is 10.3 Å². The summed E-state index contributed by atoms with van der Waals surface area (Å²) in [5, 5.41) is 15.2. The van der Waals surface area contributed by atoms with Gasteiger partial charge in [0.15, 0.2) is 0 Å². The fourth-order valence-corrected chi connectivity index (χ4v) is 1.96.